The summed E-state index contributed by atoms with van der Waals surface area (Å²) in [5, 5.41) is 12.1. The van der Waals surface area contributed by atoms with Gasteiger partial charge in [-0.2, -0.15) is 0 Å². The zero-order valence-electron chi connectivity index (χ0n) is 16.0. The van der Waals surface area contributed by atoms with Crippen molar-refractivity contribution in [3.63, 3.8) is 0 Å². The molecule has 9 heteroatoms. The van der Waals surface area contributed by atoms with Crippen LogP contribution in [0, 0.1) is 0 Å². The Balaban J connectivity index is 0.000000941. The van der Waals surface area contributed by atoms with Crippen molar-refractivity contribution in [3.8, 4) is 5.75 Å². The first-order valence-corrected chi connectivity index (χ1v) is 10.0. The maximum Gasteiger partial charge on any atom is 0.290 e. The number of hydrogen-bond acceptors (Lipinski definition) is 6. The monoisotopic (exact) mass is 419 g/mol. The van der Waals surface area contributed by atoms with Crippen molar-refractivity contribution in [3.05, 3.63) is 52.2 Å². The van der Waals surface area contributed by atoms with Crippen LogP contribution in [0.5, 0.6) is 5.75 Å². The Bertz CT molecular complexity index is 797. The highest BCUT2D eigenvalue weighted by Gasteiger charge is 2.22. The Labute approximate surface area is 173 Å². The number of nitrogens with two attached hydrogens (primary N) is 1. The number of carbonyl (C=O) groups is 3. The van der Waals surface area contributed by atoms with Crippen LogP contribution in [0.3, 0.4) is 0 Å². The van der Waals surface area contributed by atoms with Crippen LogP contribution in [-0.2, 0) is 16.1 Å². The lowest BCUT2D eigenvalue weighted by Crippen LogP contribution is -2.47. The van der Waals surface area contributed by atoms with E-state index in [9.17, 15) is 9.59 Å². The molecule has 4 N–H and O–H groups in total. The van der Waals surface area contributed by atoms with Gasteiger partial charge in [0.15, 0.2) is 6.61 Å². The summed E-state index contributed by atoms with van der Waals surface area (Å²) in [7, 11) is 0. The molecule has 1 atom stereocenters. The van der Waals surface area contributed by atoms with Crippen molar-refractivity contribution < 1.29 is 24.2 Å². The average molecular weight is 420 g/mol. The number of benzene rings is 1. The molecule has 2 amide bonds. The topological polar surface area (TPSA) is 122 Å². The van der Waals surface area contributed by atoms with Crippen LogP contribution in [0.4, 0.5) is 0 Å². The normalized spacial score (nSPS) is 16.2. The van der Waals surface area contributed by atoms with Crippen molar-refractivity contribution >= 4 is 29.6 Å². The Morgan fingerprint density at radius 2 is 2.14 bits per heavy atom. The fourth-order valence-corrected chi connectivity index (χ4v) is 3.84. The number of amides is 2. The molecule has 0 spiro atoms. The van der Waals surface area contributed by atoms with Crippen LogP contribution in [0.25, 0.3) is 0 Å². The molecule has 8 nitrogen and oxygen atoms in total. The summed E-state index contributed by atoms with van der Waals surface area (Å²) >= 11 is 1.76. The summed E-state index contributed by atoms with van der Waals surface area (Å²) in [6.07, 6.45) is 2.04. The number of primary amides is 1. The fourth-order valence-electron chi connectivity index (χ4n) is 3.09. The average Bonchev–Trinajstić information content (AvgIpc) is 3.20. The highest BCUT2D eigenvalue weighted by atomic mass is 32.1. The van der Waals surface area contributed by atoms with Gasteiger partial charge >= 0.3 is 0 Å². The van der Waals surface area contributed by atoms with Gasteiger partial charge in [0.2, 0.25) is 0 Å². The number of carbonyl (C=O) groups excluding carboxylic acids is 2. The van der Waals surface area contributed by atoms with Gasteiger partial charge in [-0.1, -0.05) is 12.1 Å². The summed E-state index contributed by atoms with van der Waals surface area (Å²) in [5.74, 6) is -0.218. The third-order valence-electron chi connectivity index (χ3n) is 4.28. The number of thiophene rings is 1. The van der Waals surface area contributed by atoms with Crippen LogP contribution in [0.15, 0.2) is 41.8 Å². The van der Waals surface area contributed by atoms with Crippen molar-refractivity contribution in [2.24, 2.45) is 5.73 Å². The van der Waals surface area contributed by atoms with Crippen LogP contribution in [0.2, 0.25) is 0 Å². The second kappa shape index (κ2) is 11.8. The molecule has 3 rings (SSSR count). The standard InChI is InChI=1S/C19H23N3O3S.CH2O2/c20-18(23)13-25-16-6-1-4-14(10-16)19(24)21-15-5-2-8-22(11-15)12-17-7-3-9-26-17;2-1-3/h1,3-4,6-7,9-10,15H,2,5,8,11-13H2,(H2,20,23)(H,21,24);1H,(H,2,3). The largest absolute Gasteiger partial charge is 0.484 e. The predicted octanol–water partition coefficient (Wildman–Crippen LogP) is 1.71. The van der Waals surface area contributed by atoms with E-state index in [1.165, 1.54) is 4.88 Å². The predicted molar refractivity (Wildman–Crippen MR) is 110 cm³/mol. The number of carboxylic acid groups (broad SMARTS) is 1. The van der Waals surface area contributed by atoms with E-state index in [1.807, 2.05) is 0 Å². The Morgan fingerprint density at radius 3 is 2.83 bits per heavy atom. The van der Waals surface area contributed by atoms with Crippen LogP contribution in [0.1, 0.15) is 28.1 Å². The van der Waals surface area contributed by atoms with E-state index in [0.717, 1.165) is 32.5 Å². The highest BCUT2D eigenvalue weighted by molar-refractivity contribution is 7.09. The lowest BCUT2D eigenvalue weighted by atomic mass is 10.0. The number of piperidine rings is 1. The van der Waals surface area contributed by atoms with Gasteiger partial charge in [-0.3, -0.25) is 19.3 Å². The maximum absolute atomic E-state index is 12.6. The summed E-state index contributed by atoms with van der Waals surface area (Å²) in [5.41, 5.74) is 5.59. The molecule has 0 radical (unpaired) electrons. The molecule has 1 aliphatic heterocycles. The molecule has 156 valence electrons. The van der Waals surface area contributed by atoms with Crippen molar-refractivity contribution in [1.29, 1.82) is 0 Å². The SMILES string of the molecule is NC(=O)COc1cccc(C(=O)NC2CCCN(Cc3cccs3)C2)c1.O=CO. The van der Waals surface area contributed by atoms with Gasteiger partial charge in [-0.05, 0) is 49.0 Å². The summed E-state index contributed by atoms with van der Waals surface area (Å²) < 4.78 is 5.26. The lowest BCUT2D eigenvalue weighted by Gasteiger charge is -2.32. The first kappa shape index (κ1) is 22.4. The van der Waals surface area contributed by atoms with E-state index in [0.29, 0.717) is 11.3 Å². The lowest BCUT2D eigenvalue weighted by molar-refractivity contribution is -0.123. The van der Waals surface area contributed by atoms with Crippen LogP contribution < -0.4 is 15.8 Å². The molecule has 0 bridgehead atoms. The second-order valence-corrected chi connectivity index (χ2v) is 7.55. The zero-order valence-corrected chi connectivity index (χ0v) is 16.8. The molecule has 1 saturated heterocycles. The van der Waals surface area contributed by atoms with E-state index in [-0.39, 0.29) is 25.0 Å². The third kappa shape index (κ3) is 7.92. The van der Waals surface area contributed by atoms with Gasteiger partial charge in [0.1, 0.15) is 5.75 Å². The molecular formula is C20H25N3O5S. The summed E-state index contributed by atoms with van der Waals surface area (Å²) in [4.78, 5) is 35.5. The summed E-state index contributed by atoms with van der Waals surface area (Å²) in [6.45, 7) is 2.38. The molecule has 2 aromatic rings. The van der Waals surface area contributed by atoms with E-state index in [2.05, 4.69) is 27.7 Å². The van der Waals surface area contributed by atoms with E-state index in [1.54, 1.807) is 35.6 Å². The molecule has 1 aromatic heterocycles. The molecule has 29 heavy (non-hydrogen) atoms. The maximum atomic E-state index is 12.6. The Hall–Kier alpha value is -2.91. The first-order chi connectivity index (χ1) is 14.0. The number of nitrogens with zero attached hydrogens (tertiary/aromatic N) is 1. The molecule has 1 aromatic carbocycles. The summed E-state index contributed by atoms with van der Waals surface area (Å²) in [6, 6.07) is 11.1. The van der Waals surface area contributed by atoms with E-state index >= 15 is 0 Å². The minimum absolute atomic E-state index is 0.127. The number of nitrogens with one attached hydrogen (secondary N) is 1. The van der Waals surface area contributed by atoms with Crippen LogP contribution in [-0.4, -0.2) is 54.0 Å². The minimum atomic E-state index is -0.548. The number of rotatable bonds is 7. The molecule has 2 heterocycles. The molecule has 0 aliphatic carbocycles. The fraction of sp³-hybridized carbons (Fsp3) is 0.350. The molecular weight excluding hydrogens is 394 g/mol. The highest BCUT2D eigenvalue weighted by Crippen LogP contribution is 2.18. The first-order valence-electron chi connectivity index (χ1n) is 9.16. The minimum Gasteiger partial charge on any atom is -0.484 e. The van der Waals surface area contributed by atoms with Gasteiger partial charge in [-0.25, -0.2) is 0 Å². The number of hydrogen-bond donors (Lipinski definition) is 3. The molecule has 0 saturated carbocycles. The van der Waals surface area contributed by atoms with E-state index in [4.69, 9.17) is 20.4 Å². The molecule has 1 aliphatic rings. The second-order valence-electron chi connectivity index (χ2n) is 6.52. The number of likely N-dealkylation sites (tertiary alicyclic amines) is 1. The zero-order chi connectivity index (χ0) is 21.1. The van der Waals surface area contributed by atoms with Gasteiger partial charge in [-0.15, -0.1) is 11.3 Å². The molecule has 1 unspecified atom stereocenters. The third-order valence-corrected chi connectivity index (χ3v) is 5.14. The van der Waals surface area contributed by atoms with Crippen molar-refractivity contribution in [2.45, 2.75) is 25.4 Å². The Morgan fingerprint density at radius 1 is 1.34 bits per heavy atom. The quantitative estimate of drug-likeness (QED) is 0.587. The van der Waals surface area contributed by atoms with Gasteiger partial charge in [0.25, 0.3) is 18.3 Å². The van der Waals surface area contributed by atoms with Crippen molar-refractivity contribution in [2.75, 3.05) is 19.7 Å². The van der Waals surface area contributed by atoms with Gasteiger partial charge < -0.3 is 20.9 Å². The molecule has 1 fully saturated rings. The van der Waals surface area contributed by atoms with Gasteiger partial charge in [0.05, 0.1) is 0 Å². The van der Waals surface area contributed by atoms with Crippen LogP contribution >= 0.6 is 11.3 Å². The van der Waals surface area contributed by atoms with Crippen molar-refractivity contribution in [1.82, 2.24) is 10.2 Å². The van der Waals surface area contributed by atoms with E-state index < -0.39 is 5.91 Å². The Kier molecular flexibility index (Phi) is 9.13. The number of ether oxygens (including phenoxy) is 1. The smallest absolute Gasteiger partial charge is 0.290 e. The van der Waals surface area contributed by atoms with Gasteiger partial charge in [0, 0.05) is 29.6 Å².